The van der Waals surface area contributed by atoms with E-state index in [9.17, 15) is 8.42 Å². The van der Waals surface area contributed by atoms with Crippen LogP contribution in [0.4, 0.5) is 11.4 Å². The van der Waals surface area contributed by atoms with Crippen LogP contribution in [-0.2, 0) is 10.0 Å². The van der Waals surface area contributed by atoms with Crippen molar-refractivity contribution in [3.63, 3.8) is 0 Å². The molecule has 0 heterocycles. The van der Waals surface area contributed by atoms with E-state index in [0.717, 1.165) is 0 Å². The maximum Gasteiger partial charge on any atom is 0.262 e. The Bertz CT molecular complexity index is 727. The fraction of sp³-hybridized carbons (Fsp3) is 0.143. The number of nitrogen functional groups attached to an aromatic ring is 1. The molecule has 0 unspecified atom stereocenters. The zero-order valence-corrected chi connectivity index (χ0v) is 12.5. The molecule has 3 N–H and O–H groups in total. The SMILES string of the molecule is COc1ccc(S(=O)(=O)Nc2cc(N)ccc2OC)cc1. The van der Waals surface area contributed by atoms with Gasteiger partial charge in [-0.1, -0.05) is 0 Å². The van der Waals surface area contributed by atoms with Crippen LogP contribution in [0.1, 0.15) is 0 Å². The van der Waals surface area contributed by atoms with Crippen LogP contribution in [-0.4, -0.2) is 22.6 Å². The van der Waals surface area contributed by atoms with Gasteiger partial charge >= 0.3 is 0 Å². The highest BCUT2D eigenvalue weighted by Crippen LogP contribution is 2.29. The standard InChI is InChI=1S/C14H16N2O4S/c1-19-11-4-6-12(7-5-11)21(17,18)16-13-9-10(15)3-8-14(13)20-2/h3-9,16H,15H2,1-2H3. The number of anilines is 2. The fourth-order valence-corrected chi connectivity index (χ4v) is 2.83. The lowest BCUT2D eigenvalue weighted by molar-refractivity contribution is 0.414. The quantitative estimate of drug-likeness (QED) is 0.825. The van der Waals surface area contributed by atoms with Gasteiger partial charge in [0.05, 0.1) is 24.8 Å². The van der Waals surface area contributed by atoms with Crippen molar-refractivity contribution < 1.29 is 17.9 Å². The summed E-state index contributed by atoms with van der Waals surface area (Å²) >= 11 is 0. The molecule has 6 nitrogen and oxygen atoms in total. The third-order valence-corrected chi connectivity index (χ3v) is 4.22. The Hall–Kier alpha value is -2.41. The third-order valence-electron chi connectivity index (χ3n) is 2.84. The van der Waals surface area contributed by atoms with Gasteiger partial charge in [0.1, 0.15) is 11.5 Å². The molecule has 0 bridgehead atoms. The molecule has 21 heavy (non-hydrogen) atoms. The highest BCUT2D eigenvalue weighted by Gasteiger charge is 2.16. The number of hydrogen-bond acceptors (Lipinski definition) is 5. The van der Waals surface area contributed by atoms with Crippen molar-refractivity contribution >= 4 is 21.4 Å². The molecular formula is C14H16N2O4S. The Labute approximate surface area is 123 Å². The van der Waals surface area contributed by atoms with Crippen molar-refractivity contribution in [2.75, 3.05) is 24.7 Å². The minimum atomic E-state index is -3.73. The van der Waals surface area contributed by atoms with E-state index < -0.39 is 10.0 Å². The molecule has 2 aromatic carbocycles. The number of benzene rings is 2. The lowest BCUT2D eigenvalue weighted by Gasteiger charge is -2.12. The van der Waals surface area contributed by atoms with Gasteiger partial charge in [-0.15, -0.1) is 0 Å². The van der Waals surface area contributed by atoms with Crippen LogP contribution in [0.15, 0.2) is 47.4 Å². The largest absolute Gasteiger partial charge is 0.497 e. The Kier molecular flexibility index (Phi) is 4.23. The highest BCUT2D eigenvalue weighted by molar-refractivity contribution is 7.92. The zero-order valence-electron chi connectivity index (χ0n) is 11.7. The van der Waals surface area contributed by atoms with E-state index in [1.165, 1.54) is 32.4 Å². The van der Waals surface area contributed by atoms with Crippen LogP contribution < -0.4 is 19.9 Å². The Morgan fingerprint density at radius 3 is 2.24 bits per heavy atom. The first kappa shape index (κ1) is 15.0. The second kappa shape index (κ2) is 5.92. The molecule has 7 heteroatoms. The van der Waals surface area contributed by atoms with Crippen LogP contribution >= 0.6 is 0 Å². The van der Waals surface area contributed by atoms with Gasteiger partial charge in [0.2, 0.25) is 0 Å². The summed E-state index contributed by atoms with van der Waals surface area (Å²) in [4.78, 5) is 0.118. The van der Waals surface area contributed by atoms with Crippen LogP contribution in [0.5, 0.6) is 11.5 Å². The minimum Gasteiger partial charge on any atom is -0.497 e. The molecule has 0 saturated carbocycles. The molecule has 0 amide bonds. The lowest BCUT2D eigenvalue weighted by Crippen LogP contribution is -2.13. The molecule has 0 fully saturated rings. The van der Waals surface area contributed by atoms with Gasteiger partial charge < -0.3 is 15.2 Å². The average Bonchev–Trinajstić information content (AvgIpc) is 2.47. The lowest BCUT2D eigenvalue weighted by atomic mass is 10.2. The van der Waals surface area contributed by atoms with Crippen LogP contribution in [0.25, 0.3) is 0 Å². The third kappa shape index (κ3) is 3.38. The van der Waals surface area contributed by atoms with Gasteiger partial charge in [0.15, 0.2) is 0 Å². The van der Waals surface area contributed by atoms with Gasteiger partial charge in [-0.25, -0.2) is 8.42 Å². The molecule has 112 valence electrons. The van der Waals surface area contributed by atoms with Gasteiger partial charge in [0, 0.05) is 5.69 Å². The number of ether oxygens (including phenoxy) is 2. The number of sulfonamides is 1. The van der Waals surface area contributed by atoms with E-state index in [0.29, 0.717) is 17.2 Å². The van der Waals surface area contributed by atoms with Crippen molar-refractivity contribution in [1.29, 1.82) is 0 Å². The number of methoxy groups -OCH3 is 2. The summed E-state index contributed by atoms with van der Waals surface area (Å²) < 4.78 is 37.2. The summed E-state index contributed by atoms with van der Waals surface area (Å²) in [5.74, 6) is 0.969. The smallest absolute Gasteiger partial charge is 0.262 e. The van der Waals surface area contributed by atoms with Gasteiger partial charge in [-0.05, 0) is 42.5 Å². The van der Waals surface area contributed by atoms with Gasteiger partial charge in [-0.3, -0.25) is 4.72 Å². The first-order valence-electron chi connectivity index (χ1n) is 6.06. The molecule has 2 aromatic rings. The van der Waals surface area contributed by atoms with E-state index >= 15 is 0 Å². The summed E-state index contributed by atoms with van der Waals surface area (Å²) in [6, 6.07) is 10.8. The van der Waals surface area contributed by atoms with E-state index in [1.807, 2.05) is 0 Å². The second-order valence-corrected chi connectivity index (χ2v) is 5.92. The molecule has 0 aliphatic heterocycles. The van der Waals surface area contributed by atoms with E-state index in [1.54, 1.807) is 24.3 Å². The molecule has 0 aromatic heterocycles. The number of nitrogens with two attached hydrogens (primary N) is 1. The summed E-state index contributed by atoms with van der Waals surface area (Å²) in [6.07, 6.45) is 0. The molecule has 0 aliphatic rings. The van der Waals surface area contributed by atoms with Crippen LogP contribution in [0, 0.1) is 0 Å². The monoisotopic (exact) mass is 308 g/mol. The first-order chi connectivity index (χ1) is 9.96. The molecule has 2 rings (SSSR count). The molecule has 0 atom stereocenters. The topological polar surface area (TPSA) is 90.7 Å². The minimum absolute atomic E-state index is 0.118. The van der Waals surface area contributed by atoms with Crippen LogP contribution in [0.3, 0.4) is 0 Å². The van der Waals surface area contributed by atoms with Gasteiger partial charge in [0.25, 0.3) is 10.0 Å². The van der Waals surface area contributed by atoms with E-state index in [4.69, 9.17) is 15.2 Å². The van der Waals surface area contributed by atoms with Crippen molar-refractivity contribution in [1.82, 2.24) is 0 Å². The number of rotatable bonds is 5. The number of nitrogens with one attached hydrogen (secondary N) is 1. The molecular weight excluding hydrogens is 292 g/mol. The van der Waals surface area contributed by atoms with E-state index in [-0.39, 0.29) is 10.6 Å². The maximum absolute atomic E-state index is 12.3. The zero-order chi connectivity index (χ0) is 15.5. The Balaban J connectivity index is 2.34. The molecule has 0 radical (unpaired) electrons. The second-order valence-electron chi connectivity index (χ2n) is 4.24. The number of hydrogen-bond donors (Lipinski definition) is 2. The summed E-state index contributed by atoms with van der Waals surface area (Å²) in [7, 11) is -0.760. The summed E-state index contributed by atoms with van der Waals surface area (Å²) in [5.41, 5.74) is 6.39. The Morgan fingerprint density at radius 1 is 1.00 bits per heavy atom. The fourth-order valence-electron chi connectivity index (χ4n) is 1.76. The predicted molar refractivity (Wildman–Crippen MR) is 81.2 cm³/mol. The summed E-state index contributed by atoms with van der Waals surface area (Å²) in [6.45, 7) is 0. The van der Waals surface area contributed by atoms with Gasteiger partial charge in [-0.2, -0.15) is 0 Å². The predicted octanol–water partition coefficient (Wildman–Crippen LogP) is 2.09. The average molecular weight is 308 g/mol. The van der Waals surface area contributed by atoms with Crippen molar-refractivity contribution in [2.24, 2.45) is 0 Å². The van der Waals surface area contributed by atoms with Crippen molar-refractivity contribution in [3.8, 4) is 11.5 Å². The highest BCUT2D eigenvalue weighted by atomic mass is 32.2. The molecule has 0 spiro atoms. The van der Waals surface area contributed by atoms with Crippen LogP contribution in [0.2, 0.25) is 0 Å². The molecule has 0 saturated heterocycles. The van der Waals surface area contributed by atoms with Crippen molar-refractivity contribution in [2.45, 2.75) is 4.90 Å². The maximum atomic E-state index is 12.3. The van der Waals surface area contributed by atoms with E-state index in [2.05, 4.69) is 4.72 Å². The summed E-state index contributed by atoms with van der Waals surface area (Å²) in [5, 5.41) is 0. The van der Waals surface area contributed by atoms with Crippen molar-refractivity contribution in [3.05, 3.63) is 42.5 Å². The molecule has 0 aliphatic carbocycles. The Morgan fingerprint density at radius 2 is 1.67 bits per heavy atom. The first-order valence-corrected chi connectivity index (χ1v) is 7.55. The normalized spacial score (nSPS) is 11.0.